The molecule has 0 unspecified atom stereocenters. The van der Waals surface area contributed by atoms with Crippen molar-refractivity contribution in [3.8, 4) is 12.8 Å². The Morgan fingerprint density at radius 3 is 1.82 bits per heavy atom. The van der Waals surface area contributed by atoms with Crippen LogP contribution in [0.2, 0.25) is 0 Å². The van der Waals surface area contributed by atoms with Crippen molar-refractivity contribution >= 4 is 0 Å². The molecule has 1 aromatic carbocycles. The Morgan fingerprint density at radius 2 is 1.48 bits per heavy atom. The lowest BCUT2D eigenvalue weighted by Gasteiger charge is -2.20. The quantitative estimate of drug-likeness (QED) is 0.146. The Bertz CT molecular complexity index is 980. The first-order valence-electron chi connectivity index (χ1n) is 16.4. The molecule has 0 radical (unpaired) electrons. The van der Waals surface area contributed by atoms with Crippen LogP contribution in [-0.4, -0.2) is 50.1 Å². The van der Waals surface area contributed by atoms with E-state index in [1.54, 1.807) is 0 Å². The molecule has 44 heavy (non-hydrogen) atoms. The second kappa shape index (κ2) is 34.4. The molecule has 0 aromatic heterocycles. The maximum Gasteiger partial charge on any atom is 0.0376 e. The number of benzene rings is 1. The average molecular weight is 606 g/mol. The van der Waals surface area contributed by atoms with Crippen molar-refractivity contribution in [2.24, 2.45) is 5.73 Å². The lowest BCUT2D eigenvalue weighted by molar-refractivity contribution is 0.296. The van der Waals surface area contributed by atoms with E-state index in [9.17, 15) is 0 Å². The molecule has 3 nitrogen and oxygen atoms in total. The maximum absolute atomic E-state index is 5.75. The highest BCUT2D eigenvalue weighted by Crippen LogP contribution is 2.14. The summed E-state index contributed by atoms with van der Waals surface area (Å²) in [7, 11) is 4.17. The second-order valence-electron chi connectivity index (χ2n) is 11.0. The number of terminal acetylenes is 1. The van der Waals surface area contributed by atoms with Crippen molar-refractivity contribution in [2.45, 2.75) is 101 Å². The number of allylic oxidation sites excluding steroid dienone is 9. The molecule has 0 aliphatic heterocycles. The highest BCUT2D eigenvalue weighted by molar-refractivity contribution is 5.35. The first-order chi connectivity index (χ1) is 20.9. The van der Waals surface area contributed by atoms with Crippen molar-refractivity contribution in [1.82, 2.24) is 9.80 Å². The van der Waals surface area contributed by atoms with Crippen molar-refractivity contribution < 1.29 is 0 Å². The standard InChI is InChI=1S/C13H16.C10H22N2.C9H12.C5H13N.C2H6.C2H2/c1-11(2)10-12(3)8-9-13-6-4-5-7-13;1-4-7-12(8-5-2)9-10(11)6-3;1-7-4-5-8(2)9(3)6-7;1-4-5-6(2)3;2*1-2/h4-6,8-9H,1,3,7,10H2,2H3;6H,4-5,7-9,11H2,1-3H3;4-6H,1-3H3;4-5H2,1-3H3;1-2H3;1-2H/b9-8+;10-6-;;;;. The molecule has 0 heterocycles. The van der Waals surface area contributed by atoms with E-state index < -0.39 is 0 Å². The minimum absolute atomic E-state index is 0.900. The van der Waals surface area contributed by atoms with Gasteiger partial charge < -0.3 is 10.6 Å². The molecule has 1 aliphatic carbocycles. The van der Waals surface area contributed by atoms with Gasteiger partial charge in [0, 0.05) is 12.2 Å². The summed E-state index contributed by atoms with van der Waals surface area (Å²) < 4.78 is 0. The number of hydrogen-bond donors (Lipinski definition) is 1. The molecule has 250 valence electrons. The number of hydrogen-bond acceptors (Lipinski definition) is 3. The van der Waals surface area contributed by atoms with E-state index in [1.807, 2.05) is 33.8 Å². The first-order valence-corrected chi connectivity index (χ1v) is 16.4. The monoisotopic (exact) mass is 606 g/mol. The van der Waals surface area contributed by atoms with Gasteiger partial charge in [-0.15, -0.1) is 12.8 Å². The second-order valence-corrected chi connectivity index (χ2v) is 11.0. The Hall–Kier alpha value is -3.06. The zero-order chi connectivity index (χ0) is 34.9. The van der Waals surface area contributed by atoms with Crippen molar-refractivity contribution in [1.29, 1.82) is 0 Å². The van der Waals surface area contributed by atoms with E-state index in [0.29, 0.717) is 0 Å². The van der Waals surface area contributed by atoms with Crippen LogP contribution in [0, 0.1) is 33.6 Å². The summed E-state index contributed by atoms with van der Waals surface area (Å²) in [5, 5.41) is 0. The van der Waals surface area contributed by atoms with E-state index >= 15 is 0 Å². The zero-order valence-electron chi connectivity index (χ0n) is 31.1. The molecule has 2 rings (SSSR count). The van der Waals surface area contributed by atoms with Crippen LogP contribution in [0.25, 0.3) is 0 Å². The summed E-state index contributed by atoms with van der Waals surface area (Å²) in [6, 6.07) is 6.50. The van der Waals surface area contributed by atoms with Crippen LogP contribution in [-0.2, 0) is 0 Å². The number of aryl methyl sites for hydroxylation is 3. The lowest BCUT2D eigenvalue weighted by atomic mass is 10.1. The van der Waals surface area contributed by atoms with Gasteiger partial charge in [-0.1, -0.05) is 119 Å². The number of nitrogens with two attached hydrogens (primary N) is 1. The minimum atomic E-state index is 0.900. The van der Waals surface area contributed by atoms with Crippen molar-refractivity contribution in [2.75, 3.05) is 40.3 Å². The van der Waals surface area contributed by atoms with Gasteiger partial charge in [0.1, 0.15) is 0 Å². The fourth-order valence-electron chi connectivity index (χ4n) is 3.85. The molecule has 0 fully saturated rings. The number of nitrogens with zero attached hydrogens (tertiary/aromatic N) is 2. The predicted molar refractivity (Wildman–Crippen MR) is 205 cm³/mol. The van der Waals surface area contributed by atoms with Gasteiger partial charge in [0.2, 0.25) is 0 Å². The van der Waals surface area contributed by atoms with Gasteiger partial charge in [0.05, 0.1) is 0 Å². The molecule has 3 heteroatoms. The molecule has 2 N–H and O–H groups in total. The Kier molecular flexibility index (Phi) is 37.5. The molecule has 0 amide bonds. The molecule has 0 atom stereocenters. The van der Waals surface area contributed by atoms with Crippen LogP contribution in [0.15, 0.2) is 90.2 Å². The number of rotatable bonds is 12. The van der Waals surface area contributed by atoms with E-state index in [0.717, 1.165) is 49.3 Å². The normalized spacial score (nSPS) is 11.4. The molecule has 0 saturated heterocycles. The van der Waals surface area contributed by atoms with E-state index in [1.165, 1.54) is 48.1 Å². The largest absolute Gasteiger partial charge is 0.401 e. The smallest absolute Gasteiger partial charge is 0.0376 e. The Morgan fingerprint density at radius 1 is 0.932 bits per heavy atom. The Balaban J connectivity index is -0.000000240. The lowest BCUT2D eigenvalue weighted by Crippen LogP contribution is -2.29. The maximum atomic E-state index is 5.75. The zero-order valence-corrected chi connectivity index (χ0v) is 31.1. The third-order valence-corrected chi connectivity index (χ3v) is 6.05. The molecule has 0 bridgehead atoms. The van der Waals surface area contributed by atoms with Gasteiger partial charge in [-0.3, -0.25) is 4.90 Å². The van der Waals surface area contributed by atoms with E-state index in [-0.39, 0.29) is 0 Å². The molecule has 1 aliphatic rings. The van der Waals surface area contributed by atoms with Gasteiger partial charge >= 0.3 is 0 Å². The topological polar surface area (TPSA) is 32.5 Å². The third kappa shape index (κ3) is 33.4. The van der Waals surface area contributed by atoms with Crippen molar-refractivity contribution in [3.63, 3.8) is 0 Å². The molecular formula is C41H71N3. The van der Waals surface area contributed by atoms with E-state index in [2.05, 4.69) is 140 Å². The third-order valence-electron chi connectivity index (χ3n) is 6.05. The average Bonchev–Trinajstić information content (AvgIpc) is 3.51. The van der Waals surface area contributed by atoms with Gasteiger partial charge in [-0.2, -0.15) is 0 Å². The van der Waals surface area contributed by atoms with Crippen molar-refractivity contribution in [3.05, 3.63) is 107 Å². The summed E-state index contributed by atoms with van der Waals surface area (Å²) >= 11 is 0. The molecule has 1 aromatic rings. The van der Waals surface area contributed by atoms with Crippen LogP contribution >= 0.6 is 0 Å². The summed E-state index contributed by atoms with van der Waals surface area (Å²) in [5.74, 6) is 0. The van der Waals surface area contributed by atoms with Crippen LogP contribution in [0.3, 0.4) is 0 Å². The summed E-state index contributed by atoms with van der Waals surface area (Å²) in [5.41, 5.74) is 14.5. The fraction of sp³-hybridized carbons (Fsp3) is 0.512. The molecule has 0 spiro atoms. The van der Waals surface area contributed by atoms with Crippen LogP contribution in [0.5, 0.6) is 0 Å². The van der Waals surface area contributed by atoms with E-state index in [4.69, 9.17) is 5.73 Å². The van der Waals surface area contributed by atoms with Gasteiger partial charge in [0.25, 0.3) is 0 Å². The predicted octanol–water partition coefficient (Wildman–Crippen LogP) is 10.8. The summed E-state index contributed by atoms with van der Waals surface area (Å²) in [6.45, 7) is 33.3. The highest BCUT2D eigenvalue weighted by atomic mass is 15.1. The summed E-state index contributed by atoms with van der Waals surface area (Å²) in [6.07, 6.45) is 26.2. The highest BCUT2D eigenvalue weighted by Gasteiger charge is 2.02. The van der Waals surface area contributed by atoms with Crippen LogP contribution in [0.1, 0.15) is 97.3 Å². The first kappa shape index (κ1) is 47.9. The SMILES string of the molecule is C#C.C/C=C(\N)CN(CCC)CCC.C=C(C)CC(=C)/C=C/C1=CC=CC1.CC.CCCN(C)C.Cc1ccc(C)c(C)c1. The molecule has 0 saturated carbocycles. The van der Waals surface area contributed by atoms with Crippen LogP contribution in [0.4, 0.5) is 0 Å². The van der Waals surface area contributed by atoms with Gasteiger partial charge in [-0.25, -0.2) is 0 Å². The van der Waals surface area contributed by atoms with Gasteiger partial charge in [-0.05, 0) is 117 Å². The summed E-state index contributed by atoms with van der Waals surface area (Å²) in [4.78, 5) is 4.58. The fourth-order valence-corrected chi connectivity index (χ4v) is 3.85. The Labute approximate surface area is 276 Å². The van der Waals surface area contributed by atoms with Gasteiger partial charge in [0.15, 0.2) is 0 Å². The minimum Gasteiger partial charge on any atom is -0.401 e. The molecular weight excluding hydrogens is 534 g/mol. The van der Waals surface area contributed by atoms with Crippen LogP contribution < -0.4 is 5.73 Å².